The SMILES string of the molecule is CSCC[C@H](NC(=O)C1CCC(CNC(=O)[C@H](N)C(C)C)CC1)C(=O)O.Cl. The van der Waals surface area contributed by atoms with E-state index in [9.17, 15) is 19.5 Å². The van der Waals surface area contributed by atoms with Crippen molar-refractivity contribution in [3.05, 3.63) is 0 Å². The second-order valence-corrected chi connectivity index (χ2v) is 8.40. The number of hydrogen-bond acceptors (Lipinski definition) is 5. The zero-order valence-corrected chi connectivity index (χ0v) is 18.0. The first-order chi connectivity index (χ1) is 12.3. The standard InChI is InChI=1S/C18H33N3O4S.ClH/c1-11(2)15(19)17(23)20-10-12-4-6-13(7-5-12)16(22)21-14(18(24)25)8-9-26-3;/h11-15H,4-10,19H2,1-3H3,(H,20,23)(H,21,22)(H,24,25);1H/t12?,13?,14-,15+;/m0./s1. The number of rotatable bonds is 10. The largest absolute Gasteiger partial charge is 0.480 e. The minimum atomic E-state index is -0.981. The lowest BCUT2D eigenvalue weighted by Gasteiger charge is -2.29. The number of carboxylic acids is 1. The second-order valence-electron chi connectivity index (χ2n) is 7.41. The van der Waals surface area contributed by atoms with Gasteiger partial charge in [0.1, 0.15) is 6.04 Å². The molecule has 1 rings (SSSR count). The van der Waals surface area contributed by atoms with E-state index in [2.05, 4.69) is 10.6 Å². The molecule has 0 radical (unpaired) electrons. The summed E-state index contributed by atoms with van der Waals surface area (Å²) >= 11 is 1.56. The molecule has 158 valence electrons. The predicted octanol–water partition coefficient (Wildman–Crippen LogP) is 1.64. The van der Waals surface area contributed by atoms with Crippen LogP contribution in [-0.4, -0.2) is 53.5 Å². The molecule has 0 unspecified atom stereocenters. The van der Waals surface area contributed by atoms with Gasteiger partial charge in [0.15, 0.2) is 0 Å². The highest BCUT2D eigenvalue weighted by atomic mass is 35.5. The highest BCUT2D eigenvalue weighted by Gasteiger charge is 2.29. The van der Waals surface area contributed by atoms with Gasteiger partial charge in [0.25, 0.3) is 0 Å². The van der Waals surface area contributed by atoms with E-state index >= 15 is 0 Å². The molecule has 9 heteroatoms. The Bertz CT molecular complexity index is 485. The lowest BCUT2D eigenvalue weighted by molar-refractivity contribution is -0.142. The molecule has 0 aliphatic heterocycles. The molecule has 2 atom stereocenters. The quantitative estimate of drug-likeness (QED) is 0.423. The van der Waals surface area contributed by atoms with Crippen molar-refractivity contribution in [3.8, 4) is 0 Å². The Kier molecular flexibility index (Phi) is 12.7. The molecule has 1 aliphatic rings. The molecule has 27 heavy (non-hydrogen) atoms. The third kappa shape index (κ3) is 9.17. The summed E-state index contributed by atoms with van der Waals surface area (Å²) in [7, 11) is 0. The number of halogens is 1. The lowest BCUT2D eigenvalue weighted by atomic mass is 9.81. The molecule has 0 bridgehead atoms. The van der Waals surface area contributed by atoms with Gasteiger partial charge in [0.2, 0.25) is 11.8 Å². The molecule has 2 amide bonds. The van der Waals surface area contributed by atoms with E-state index in [1.807, 2.05) is 20.1 Å². The van der Waals surface area contributed by atoms with Gasteiger partial charge in [-0.15, -0.1) is 12.4 Å². The lowest BCUT2D eigenvalue weighted by Crippen LogP contribution is -2.46. The van der Waals surface area contributed by atoms with Gasteiger partial charge in [-0.25, -0.2) is 4.79 Å². The maximum absolute atomic E-state index is 12.3. The van der Waals surface area contributed by atoms with Gasteiger partial charge in [0, 0.05) is 12.5 Å². The number of thioether (sulfide) groups is 1. The smallest absolute Gasteiger partial charge is 0.326 e. The number of carbonyl (C=O) groups excluding carboxylic acids is 2. The highest BCUT2D eigenvalue weighted by molar-refractivity contribution is 7.98. The van der Waals surface area contributed by atoms with Gasteiger partial charge < -0.3 is 21.5 Å². The van der Waals surface area contributed by atoms with E-state index in [1.54, 1.807) is 11.8 Å². The average molecular weight is 424 g/mol. The van der Waals surface area contributed by atoms with Gasteiger partial charge >= 0.3 is 5.97 Å². The topological polar surface area (TPSA) is 122 Å². The van der Waals surface area contributed by atoms with E-state index in [1.165, 1.54) is 0 Å². The Morgan fingerprint density at radius 2 is 1.78 bits per heavy atom. The van der Waals surface area contributed by atoms with Crippen LogP contribution in [0.2, 0.25) is 0 Å². The van der Waals surface area contributed by atoms with E-state index in [-0.39, 0.29) is 36.1 Å². The normalized spacial score (nSPS) is 21.7. The third-order valence-corrected chi connectivity index (χ3v) is 5.67. The summed E-state index contributed by atoms with van der Waals surface area (Å²) in [6.07, 6.45) is 5.47. The fraction of sp³-hybridized carbons (Fsp3) is 0.833. The summed E-state index contributed by atoms with van der Waals surface area (Å²) in [6, 6.07) is -1.31. The van der Waals surface area contributed by atoms with Crippen LogP contribution in [0.15, 0.2) is 0 Å². The summed E-state index contributed by atoms with van der Waals surface area (Å²) in [4.78, 5) is 35.5. The second kappa shape index (κ2) is 13.2. The number of carbonyl (C=O) groups is 3. The molecular formula is C18H34ClN3O4S. The first kappa shape index (κ1) is 26.0. The molecule has 1 saturated carbocycles. The molecule has 0 heterocycles. The molecule has 0 aromatic carbocycles. The number of carboxylic acid groups (broad SMARTS) is 1. The molecule has 7 nitrogen and oxygen atoms in total. The molecule has 1 aliphatic carbocycles. The summed E-state index contributed by atoms with van der Waals surface area (Å²) < 4.78 is 0. The number of hydrogen-bond donors (Lipinski definition) is 4. The first-order valence-corrected chi connectivity index (χ1v) is 10.7. The Labute approximate surface area is 172 Å². The van der Waals surface area contributed by atoms with E-state index in [0.717, 1.165) is 25.7 Å². The van der Waals surface area contributed by atoms with Crippen molar-refractivity contribution in [1.29, 1.82) is 0 Å². The molecular weight excluding hydrogens is 390 g/mol. The van der Waals surface area contributed by atoms with Crippen molar-refractivity contribution in [1.82, 2.24) is 10.6 Å². The van der Waals surface area contributed by atoms with Crippen LogP contribution in [0.1, 0.15) is 46.0 Å². The van der Waals surface area contributed by atoms with E-state index < -0.39 is 18.1 Å². The minimum absolute atomic E-state index is 0. The summed E-state index contributed by atoms with van der Waals surface area (Å²) in [6.45, 7) is 4.41. The van der Waals surface area contributed by atoms with Gasteiger partial charge in [-0.05, 0) is 55.9 Å². The van der Waals surface area contributed by atoms with Crippen molar-refractivity contribution < 1.29 is 19.5 Å². The Hall–Kier alpha value is -0.990. The highest BCUT2D eigenvalue weighted by Crippen LogP contribution is 2.28. The first-order valence-electron chi connectivity index (χ1n) is 9.31. The monoisotopic (exact) mass is 423 g/mol. The van der Waals surface area contributed by atoms with Crippen molar-refractivity contribution in [2.24, 2.45) is 23.5 Å². The molecule has 0 aromatic rings. The predicted molar refractivity (Wildman–Crippen MR) is 111 cm³/mol. The van der Waals surface area contributed by atoms with Gasteiger partial charge in [-0.3, -0.25) is 9.59 Å². The van der Waals surface area contributed by atoms with Crippen LogP contribution in [0.5, 0.6) is 0 Å². The van der Waals surface area contributed by atoms with Gasteiger partial charge in [0.05, 0.1) is 6.04 Å². The van der Waals surface area contributed by atoms with Crippen LogP contribution in [0.25, 0.3) is 0 Å². The van der Waals surface area contributed by atoms with Crippen molar-refractivity contribution >= 4 is 42.0 Å². The van der Waals surface area contributed by atoms with E-state index in [0.29, 0.717) is 24.6 Å². The minimum Gasteiger partial charge on any atom is -0.480 e. The van der Waals surface area contributed by atoms with Gasteiger partial charge in [-0.1, -0.05) is 13.8 Å². The number of aliphatic carboxylic acids is 1. The van der Waals surface area contributed by atoms with Crippen LogP contribution in [-0.2, 0) is 14.4 Å². The summed E-state index contributed by atoms with van der Waals surface area (Å²) in [5, 5.41) is 14.8. The maximum atomic E-state index is 12.3. The van der Waals surface area contributed by atoms with Gasteiger partial charge in [-0.2, -0.15) is 11.8 Å². The number of nitrogens with one attached hydrogen (secondary N) is 2. The Morgan fingerprint density at radius 1 is 1.19 bits per heavy atom. The zero-order valence-electron chi connectivity index (χ0n) is 16.4. The molecule has 0 aromatic heterocycles. The fourth-order valence-corrected chi connectivity index (χ4v) is 3.55. The third-order valence-electron chi connectivity index (χ3n) is 5.03. The molecule has 5 N–H and O–H groups in total. The Balaban J connectivity index is 0.00000676. The maximum Gasteiger partial charge on any atom is 0.326 e. The number of amides is 2. The van der Waals surface area contributed by atoms with Crippen molar-refractivity contribution in [2.45, 2.75) is 58.0 Å². The van der Waals surface area contributed by atoms with Crippen molar-refractivity contribution in [2.75, 3.05) is 18.6 Å². The van der Waals surface area contributed by atoms with E-state index in [4.69, 9.17) is 5.73 Å². The van der Waals surface area contributed by atoms with Crippen LogP contribution >= 0.6 is 24.2 Å². The van der Waals surface area contributed by atoms with Crippen LogP contribution < -0.4 is 16.4 Å². The fourth-order valence-electron chi connectivity index (χ4n) is 3.08. The van der Waals surface area contributed by atoms with Crippen LogP contribution in [0, 0.1) is 17.8 Å². The van der Waals surface area contributed by atoms with Crippen LogP contribution in [0.4, 0.5) is 0 Å². The Morgan fingerprint density at radius 3 is 2.26 bits per heavy atom. The summed E-state index contributed by atoms with van der Waals surface area (Å²) in [5.41, 5.74) is 5.83. The molecule has 1 fully saturated rings. The number of nitrogens with two attached hydrogens (primary N) is 1. The van der Waals surface area contributed by atoms with Crippen molar-refractivity contribution in [3.63, 3.8) is 0 Å². The molecule has 0 saturated heterocycles. The average Bonchev–Trinajstić information content (AvgIpc) is 2.62. The van der Waals surface area contributed by atoms with Crippen LogP contribution in [0.3, 0.4) is 0 Å². The summed E-state index contributed by atoms with van der Waals surface area (Å²) in [5.74, 6) is -0.277. The zero-order chi connectivity index (χ0) is 19.7. The molecule has 0 spiro atoms.